The summed E-state index contributed by atoms with van der Waals surface area (Å²) in [5.41, 5.74) is 1.81. The second-order valence-electron chi connectivity index (χ2n) is 7.42. The topological polar surface area (TPSA) is 64.9 Å². The summed E-state index contributed by atoms with van der Waals surface area (Å²) in [5.74, 6) is 2.42. The van der Waals surface area contributed by atoms with E-state index in [0.29, 0.717) is 12.5 Å². The Morgan fingerprint density at radius 2 is 1.96 bits per heavy atom. The zero-order chi connectivity index (χ0) is 19.8. The number of carbonyl (C=O) groups excluding carboxylic acids is 1. The van der Waals surface area contributed by atoms with Crippen LogP contribution in [0.25, 0.3) is 0 Å². The maximum Gasteiger partial charge on any atom is 0.249 e. The largest absolute Gasteiger partial charge is 0.340 e. The molecular weight excluding hydrogens is 352 g/mol. The third-order valence-electron chi connectivity index (χ3n) is 5.35. The molecule has 7 nitrogen and oxygen atoms in total. The number of hydrogen-bond donors (Lipinski definition) is 0. The molecule has 0 saturated carbocycles. The lowest BCUT2D eigenvalue weighted by atomic mass is 10.1. The molecule has 0 fully saturated rings. The number of aromatic nitrogens is 2. The molecule has 0 N–H and O–H groups in total. The fourth-order valence-corrected chi connectivity index (χ4v) is 3.97. The highest BCUT2D eigenvalue weighted by Crippen LogP contribution is 2.37. The number of rotatable bonds is 4. The quantitative estimate of drug-likeness (QED) is 0.818. The second kappa shape index (κ2) is 7.22. The minimum atomic E-state index is -0.207. The van der Waals surface area contributed by atoms with Crippen LogP contribution in [0.2, 0.25) is 0 Å². The van der Waals surface area contributed by atoms with Crippen LogP contribution in [0.5, 0.6) is 0 Å². The van der Waals surface area contributed by atoms with Crippen molar-refractivity contribution in [2.75, 3.05) is 34.8 Å². The Hall–Kier alpha value is -2.96. The van der Waals surface area contributed by atoms with Crippen molar-refractivity contribution in [3.05, 3.63) is 42.1 Å². The number of nitrogens with zero attached hydrogens (tertiary/aromatic N) is 6. The number of likely N-dealkylation sites (N-methyl/N-ethyl adjacent to an activating group) is 1. The minimum absolute atomic E-state index is 0.0905. The summed E-state index contributed by atoms with van der Waals surface area (Å²) < 4.78 is 0. The van der Waals surface area contributed by atoms with Gasteiger partial charge in [-0.2, -0.15) is 4.98 Å². The van der Waals surface area contributed by atoms with E-state index in [1.807, 2.05) is 25.1 Å². The van der Waals surface area contributed by atoms with E-state index in [1.165, 1.54) is 0 Å². The highest BCUT2D eigenvalue weighted by atomic mass is 16.2. The van der Waals surface area contributed by atoms with Crippen LogP contribution in [0, 0.1) is 0 Å². The lowest BCUT2D eigenvalue weighted by molar-refractivity contribution is -0.120. The van der Waals surface area contributed by atoms with Gasteiger partial charge in [-0.05, 0) is 20.3 Å². The first-order valence-corrected chi connectivity index (χ1v) is 9.83. The fraction of sp³-hybridized carbons (Fsp3) is 0.429. The first-order valence-electron chi connectivity index (χ1n) is 9.83. The van der Waals surface area contributed by atoms with E-state index in [1.54, 1.807) is 18.1 Å². The van der Waals surface area contributed by atoms with Crippen LogP contribution in [-0.2, 0) is 4.79 Å². The van der Waals surface area contributed by atoms with Gasteiger partial charge in [0, 0.05) is 25.2 Å². The average molecular weight is 378 g/mol. The molecule has 2 aliphatic heterocycles. The highest BCUT2D eigenvalue weighted by Gasteiger charge is 2.38. The van der Waals surface area contributed by atoms with Crippen LogP contribution < -0.4 is 14.7 Å². The lowest BCUT2D eigenvalue weighted by Gasteiger charge is -2.42. The molecular formula is C21H26N6O. The number of benzene rings is 1. The van der Waals surface area contributed by atoms with Gasteiger partial charge in [0.1, 0.15) is 17.6 Å². The van der Waals surface area contributed by atoms with E-state index in [0.717, 1.165) is 35.9 Å². The van der Waals surface area contributed by atoms with E-state index in [-0.39, 0.29) is 18.0 Å². The number of anilines is 3. The fourth-order valence-electron chi connectivity index (χ4n) is 3.97. The van der Waals surface area contributed by atoms with Crippen LogP contribution in [0.1, 0.15) is 32.8 Å². The van der Waals surface area contributed by atoms with Gasteiger partial charge in [0.15, 0.2) is 5.82 Å². The molecule has 1 aromatic carbocycles. The molecule has 7 heteroatoms. The normalized spacial score (nSPS) is 19.3. The van der Waals surface area contributed by atoms with E-state index >= 15 is 0 Å². The molecule has 0 spiro atoms. The standard InChI is InChI=1S/C21H26N6O/c1-5-16-20(28)25(4)17-13-23-21(24-19(17)27(16)14(2)3)26-12-11-22-18(26)15-9-7-6-8-10-15/h6-10,13-14,16H,5,11-12H2,1-4H3. The van der Waals surface area contributed by atoms with E-state index in [9.17, 15) is 4.79 Å². The molecule has 3 heterocycles. The molecule has 0 aliphatic carbocycles. The molecule has 4 rings (SSSR count). The van der Waals surface area contributed by atoms with Crippen LogP contribution >= 0.6 is 0 Å². The Labute approximate surface area is 165 Å². The summed E-state index contributed by atoms with van der Waals surface area (Å²) in [5, 5.41) is 0. The molecule has 2 aliphatic rings. The van der Waals surface area contributed by atoms with Crippen LogP contribution in [0.15, 0.2) is 41.5 Å². The lowest BCUT2D eigenvalue weighted by Crippen LogP contribution is -2.55. The van der Waals surface area contributed by atoms with Gasteiger partial charge < -0.3 is 9.80 Å². The Morgan fingerprint density at radius 1 is 1.21 bits per heavy atom. The smallest absolute Gasteiger partial charge is 0.249 e. The van der Waals surface area contributed by atoms with Crippen molar-refractivity contribution >= 4 is 29.2 Å². The maximum absolute atomic E-state index is 12.8. The highest BCUT2D eigenvalue weighted by molar-refractivity contribution is 6.10. The molecule has 146 valence electrons. The first-order chi connectivity index (χ1) is 13.5. The molecule has 1 unspecified atom stereocenters. The van der Waals surface area contributed by atoms with Gasteiger partial charge in [-0.3, -0.25) is 14.7 Å². The van der Waals surface area contributed by atoms with Gasteiger partial charge in [0.2, 0.25) is 11.9 Å². The number of aliphatic imine (C=N–C) groups is 1. The van der Waals surface area contributed by atoms with Gasteiger partial charge in [-0.15, -0.1) is 0 Å². The van der Waals surface area contributed by atoms with Gasteiger partial charge in [0.05, 0.1) is 12.7 Å². The number of carbonyl (C=O) groups is 1. The number of fused-ring (bicyclic) bond motifs is 1. The molecule has 0 radical (unpaired) electrons. The SMILES string of the molecule is CCC1C(=O)N(C)c2cnc(N3CCN=C3c3ccccc3)nc2N1C(C)C. The van der Waals surface area contributed by atoms with Crippen molar-refractivity contribution in [2.24, 2.45) is 4.99 Å². The molecule has 28 heavy (non-hydrogen) atoms. The number of hydrogen-bond acceptors (Lipinski definition) is 6. The maximum atomic E-state index is 12.8. The average Bonchev–Trinajstić information content (AvgIpc) is 3.20. The van der Waals surface area contributed by atoms with Gasteiger partial charge in [-0.1, -0.05) is 37.3 Å². The van der Waals surface area contributed by atoms with Gasteiger partial charge in [0.25, 0.3) is 0 Å². The van der Waals surface area contributed by atoms with E-state index in [2.05, 4.69) is 45.8 Å². The summed E-state index contributed by atoms with van der Waals surface area (Å²) in [7, 11) is 1.80. The van der Waals surface area contributed by atoms with E-state index < -0.39 is 0 Å². The van der Waals surface area contributed by atoms with Gasteiger partial charge in [-0.25, -0.2) is 4.98 Å². The zero-order valence-electron chi connectivity index (χ0n) is 16.8. The molecule has 0 saturated heterocycles. The van der Waals surface area contributed by atoms with Crippen LogP contribution in [-0.4, -0.2) is 53.9 Å². The Balaban J connectivity index is 1.77. The number of amidine groups is 1. The summed E-state index contributed by atoms with van der Waals surface area (Å²) >= 11 is 0. The summed E-state index contributed by atoms with van der Waals surface area (Å²) in [6.45, 7) is 7.70. The van der Waals surface area contributed by atoms with Crippen molar-refractivity contribution in [2.45, 2.75) is 39.3 Å². The second-order valence-corrected chi connectivity index (χ2v) is 7.42. The van der Waals surface area contributed by atoms with Crippen molar-refractivity contribution in [1.82, 2.24) is 9.97 Å². The van der Waals surface area contributed by atoms with Crippen molar-refractivity contribution in [3.8, 4) is 0 Å². The minimum Gasteiger partial charge on any atom is -0.340 e. The third kappa shape index (κ3) is 2.91. The summed E-state index contributed by atoms with van der Waals surface area (Å²) in [6.07, 6.45) is 2.50. The predicted molar refractivity (Wildman–Crippen MR) is 112 cm³/mol. The first kappa shape index (κ1) is 18.4. The molecule has 1 atom stereocenters. The molecule has 0 bridgehead atoms. The Kier molecular flexibility index (Phi) is 4.75. The summed E-state index contributed by atoms with van der Waals surface area (Å²) in [4.78, 5) is 32.9. The van der Waals surface area contributed by atoms with E-state index in [4.69, 9.17) is 4.98 Å². The van der Waals surface area contributed by atoms with Crippen LogP contribution in [0.4, 0.5) is 17.5 Å². The Morgan fingerprint density at radius 3 is 2.64 bits per heavy atom. The van der Waals surface area contributed by atoms with Crippen molar-refractivity contribution < 1.29 is 4.79 Å². The third-order valence-corrected chi connectivity index (χ3v) is 5.35. The summed E-state index contributed by atoms with van der Waals surface area (Å²) in [6, 6.07) is 10.1. The number of amides is 1. The van der Waals surface area contributed by atoms with Gasteiger partial charge >= 0.3 is 0 Å². The van der Waals surface area contributed by atoms with Crippen molar-refractivity contribution in [1.29, 1.82) is 0 Å². The zero-order valence-corrected chi connectivity index (χ0v) is 16.8. The van der Waals surface area contributed by atoms with Crippen molar-refractivity contribution in [3.63, 3.8) is 0 Å². The molecule has 1 aromatic heterocycles. The monoisotopic (exact) mass is 378 g/mol. The molecule has 1 amide bonds. The Bertz CT molecular complexity index is 910. The predicted octanol–water partition coefficient (Wildman–Crippen LogP) is 2.71. The molecule has 2 aromatic rings. The van der Waals surface area contributed by atoms with Crippen LogP contribution in [0.3, 0.4) is 0 Å².